The van der Waals surface area contributed by atoms with Gasteiger partial charge in [0.1, 0.15) is 0 Å². The molecule has 0 bridgehead atoms. The van der Waals surface area contributed by atoms with E-state index in [2.05, 4.69) is 5.32 Å². The van der Waals surface area contributed by atoms with Gasteiger partial charge in [-0.2, -0.15) is 13.2 Å². The number of hydrogen-bond donors (Lipinski definition) is 1. The van der Waals surface area contributed by atoms with E-state index in [9.17, 15) is 22.8 Å². The number of rotatable bonds is 8. The van der Waals surface area contributed by atoms with Gasteiger partial charge in [0.15, 0.2) is 0 Å². The number of amides is 2. The van der Waals surface area contributed by atoms with Crippen LogP contribution in [0.5, 0.6) is 0 Å². The number of hydrogen-bond acceptors (Lipinski definition) is 3. The summed E-state index contributed by atoms with van der Waals surface area (Å²) < 4.78 is 39.1. The minimum Gasteiger partial charge on any atom is -0.333 e. The summed E-state index contributed by atoms with van der Waals surface area (Å²) in [5.41, 5.74) is -0.247. The molecule has 0 unspecified atom stereocenters. The first kappa shape index (κ1) is 23.1. The van der Waals surface area contributed by atoms with Gasteiger partial charge in [-0.15, -0.1) is 11.8 Å². The summed E-state index contributed by atoms with van der Waals surface area (Å²) in [4.78, 5) is 25.9. The molecule has 2 amide bonds. The van der Waals surface area contributed by atoms with E-state index in [1.807, 2.05) is 12.1 Å². The largest absolute Gasteiger partial charge is 0.418 e. The molecule has 4 nitrogen and oxygen atoms in total. The molecule has 0 saturated heterocycles. The lowest BCUT2D eigenvalue weighted by Crippen LogP contribution is -2.39. The van der Waals surface area contributed by atoms with Crippen molar-refractivity contribution in [2.75, 3.05) is 24.2 Å². The maximum atomic E-state index is 13.0. The van der Waals surface area contributed by atoms with Crippen molar-refractivity contribution >= 4 is 40.9 Å². The molecular formula is C20H20ClF3N2O2S. The average molecular weight is 445 g/mol. The highest BCUT2D eigenvalue weighted by Gasteiger charge is 2.33. The molecule has 0 fully saturated rings. The van der Waals surface area contributed by atoms with Gasteiger partial charge >= 0.3 is 6.18 Å². The Morgan fingerprint density at radius 2 is 1.76 bits per heavy atom. The number of carbonyl (C=O) groups excluding carboxylic acids is 2. The third kappa shape index (κ3) is 7.29. The van der Waals surface area contributed by atoms with Gasteiger partial charge in [0.25, 0.3) is 0 Å². The molecule has 0 atom stereocenters. The minimum absolute atomic E-state index is 0.156. The van der Waals surface area contributed by atoms with Crippen molar-refractivity contribution in [3.05, 3.63) is 64.7 Å². The number of thioether (sulfide) groups is 1. The van der Waals surface area contributed by atoms with Crippen molar-refractivity contribution in [1.29, 1.82) is 0 Å². The lowest BCUT2D eigenvalue weighted by atomic mass is 10.1. The predicted molar refractivity (Wildman–Crippen MR) is 110 cm³/mol. The second kappa shape index (κ2) is 10.5. The lowest BCUT2D eigenvalue weighted by molar-refractivity contribution is -0.137. The molecule has 0 saturated carbocycles. The number of alkyl halides is 3. The summed E-state index contributed by atoms with van der Waals surface area (Å²) in [6.07, 6.45) is -4.58. The van der Waals surface area contributed by atoms with Gasteiger partial charge in [0.05, 0.1) is 23.5 Å². The molecule has 2 rings (SSSR count). The zero-order chi connectivity index (χ0) is 21.4. The molecule has 1 N–H and O–H groups in total. The van der Waals surface area contributed by atoms with Crippen LogP contribution >= 0.6 is 23.4 Å². The van der Waals surface area contributed by atoms with E-state index in [1.54, 1.807) is 19.1 Å². The van der Waals surface area contributed by atoms with Crippen LogP contribution in [0.25, 0.3) is 0 Å². The van der Waals surface area contributed by atoms with E-state index in [-0.39, 0.29) is 30.4 Å². The summed E-state index contributed by atoms with van der Waals surface area (Å²) >= 11 is 7.22. The van der Waals surface area contributed by atoms with Gasteiger partial charge in [-0.3, -0.25) is 9.59 Å². The normalized spacial score (nSPS) is 11.2. The molecule has 156 valence electrons. The van der Waals surface area contributed by atoms with Crippen molar-refractivity contribution in [3.63, 3.8) is 0 Å². The van der Waals surface area contributed by atoms with Crippen LogP contribution in [0.3, 0.4) is 0 Å². The highest BCUT2D eigenvalue weighted by Crippen LogP contribution is 2.34. The Morgan fingerprint density at radius 3 is 2.38 bits per heavy atom. The molecule has 0 aliphatic rings. The number of carbonyl (C=O) groups is 2. The fraction of sp³-hybridized carbons (Fsp3) is 0.300. The molecule has 0 heterocycles. The number of anilines is 1. The van der Waals surface area contributed by atoms with Crippen molar-refractivity contribution in [2.24, 2.45) is 0 Å². The Morgan fingerprint density at radius 1 is 1.10 bits per heavy atom. The Kier molecular flexibility index (Phi) is 8.40. The quantitative estimate of drug-likeness (QED) is 0.617. The molecule has 29 heavy (non-hydrogen) atoms. The summed E-state index contributed by atoms with van der Waals surface area (Å²) in [6.45, 7) is 1.66. The lowest BCUT2D eigenvalue weighted by Gasteiger charge is -2.21. The Balaban J connectivity index is 1.89. The maximum Gasteiger partial charge on any atom is 0.418 e. The molecule has 9 heteroatoms. The van der Waals surface area contributed by atoms with E-state index < -0.39 is 17.6 Å². The standard InChI is InChI=1S/C20H20ClF3N2O2S/c1-2-26(19(28)13-29-12-14-7-9-15(21)10-8-14)11-18(27)25-17-6-4-3-5-16(17)20(22,23)24/h3-10H,2,11-13H2,1H3,(H,25,27). The van der Waals surface area contributed by atoms with Gasteiger partial charge in [0, 0.05) is 17.3 Å². The van der Waals surface area contributed by atoms with Crippen LogP contribution in [0.1, 0.15) is 18.1 Å². The topological polar surface area (TPSA) is 49.4 Å². The molecular weight excluding hydrogens is 425 g/mol. The van der Waals surface area contributed by atoms with Crippen molar-refractivity contribution in [1.82, 2.24) is 4.90 Å². The maximum absolute atomic E-state index is 13.0. The SMILES string of the molecule is CCN(CC(=O)Nc1ccccc1C(F)(F)F)C(=O)CSCc1ccc(Cl)cc1. The summed E-state index contributed by atoms with van der Waals surface area (Å²) in [5.74, 6) is -0.181. The smallest absolute Gasteiger partial charge is 0.333 e. The van der Waals surface area contributed by atoms with Crippen LogP contribution in [0.4, 0.5) is 18.9 Å². The zero-order valence-corrected chi connectivity index (χ0v) is 17.2. The van der Waals surface area contributed by atoms with Gasteiger partial charge < -0.3 is 10.2 Å². The van der Waals surface area contributed by atoms with E-state index in [1.165, 1.54) is 34.9 Å². The second-order valence-electron chi connectivity index (χ2n) is 6.12. The Bertz CT molecular complexity index is 844. The third-order valence-corrected chi connectivity index (χ3v) is 5.22. The Labute approximate surface area is 176 Å². The van der Waals surface area contributed by atoms with Crippen LogP contribution in [-0.4, -0.2) is 35.6 Å². The molecule has 0 aliphatic carbocycles. The van der Waals surface area contributed by atoms with Crippen molar-refractivity contribution in [3.8, 4) is 0 Å². The number of nitrogens with zero attached hydrogens (tertiary/aromatic N) is 1. The molecule has 0 aromatic heterocycles. The number of benzene rings is 2. The summed E-state index contributed by atoms with van der Waals surface area (Å²) in [7, 11) is 0. The Hall–Kier alpha value is -2.19. The molecule has 0 radical (unpaired) electrons. The highest BCUT2D eigenvalue weighted by molar-refractivity contribution is 7.99. The van der Waals surface area contributed by atoms with E-state index in [0.29, 0.717) is 10.8 Å². The van der Waals surface area contributed by atoms with Crippen molar-refractivity contribution < 1.29 is 22.8 Å². The number of halogens is 4. The average Bonchev–Trinajstić information content (AvgIpc) is 2.67. The van der Waals surface area contributed by atoms with Crippen LogP contribution in [0.15, 0.2) is 48.5 Å². The van der Waals surface area contributed by atoms with Crippen molar-refractivity contribution in [2.45, 2.75) is 18.9 Å². The second-order valence-corrected chi connectivity index (χ2v) is 7.54. The number of nitrogens with one attached hydrogen (secondary N) is 1. The van der Waals surface area contributed by atoms with Gasteiger partial charge in [-0.1, -0.05) is 35.9 Å². The van der Waals surface area contributed by atoms with Crippen LogP contribution in [-0.2, 0) is 21.5 Å². The summed E-state index contributed by atoms with van der Waals surface area (Å²) in [6, 6.07) is 12.0. The monoisotopic (exact) mass is 444 g/mol. The highest BCUT2D eigenvalue weighted by atomic mass is 35.5. The number of para-hydroxylation sites is 1. The predicted octanol–water partition coefficient (Wildman–Crippen LogP) is 5.08. The van der Waals surface area contributed by atoms with Crippen LogP contribution in [0.2, 0.25) is 5.02 Å². The third-order valence-electron chi connectivity index (χ3n) is 3.98. The fourth-order valence-electron chi connectivity index (χ4n) is 2.51. The van der Waals surface area contributed by atoms with E-state index in [0.717, 1.165) is 11.6 Å². The van der Waals surface area contributed by atoms with Gasteiger partial charge in [-0.25, -0.2) is 0 Å². The zero-order valence-electron chi connectivity index (χ0n) is 15.6. The molecule has 0 aliphatic heterocycles. The first-order valence-corrected chi connectivity index (χ1v) is 10.3. The summed E-state index contributed by atoms with van der Waals surface area (Å²) in [5, 5.41) is 2.88. The number of likely N-dealkylation sites (N-methyl/N-ethyl adjacent to an activating group) is 1. The van der Waals surface area contributed by atoms with Gasteiger partial charge in [0.2, 0.25) is 11.8 Å². The first-order valence-electron chi connectivity index (χ1n) is 8.76. The fourth-order valence-corrected chi connectivity index (χ4v) is 3.52. The van der Waals surface area contributed by atoms with Gasteiger partial charge in [-0.05, 0) is 36.8 Å². The van der Waals surface area contributed by atoms with Crippen LogP contribution < -0.4 is 5.32 Å². The molecule has 0 spiro atoms. The van der Waals surface area contributed by atoms with E-state index >= 15 is 0 Å². The molecule has 2 aromatic rings. The first-order chi connectivity index (χ1) is 13.7. The minimum atomic E-state index is -4.58. The van der Waals surface area contributed by atoms with Crippen LogP contribution in [0, 0.1) is 0 Å². The molecule has 2 aromatic carbocycles. The van der Waals surface area contributed by atoms with E-state index in [4.69, 9.17) is 11.6 Å².